The van der Waals surface area contributed by atoms with Gasteiger partial charge in [0, 0.05) is 25.0 Å². The van der Waals surface area contributed by atoms with Crippen LogP contribution in [0.5, 0.6) is 0 Å². The number of anilines is 2. The molecule has 0 unspecified atom stereocenters. The molecule has 0 aliphatic rings. The van der Waals surface area contributed by atoms with Gasteiger partial charge in [-0.15, -0.1) is 0 Å². The van der Waals surface area contributed by atoms with E-state index in [0.717, 1.165) is 17.0 Å². The third kappa shape index (κ3) is 4.59. The number of carbonyl (C=O) groups excluding carboxylic acids is 1. The lowest BCUT2D eigenvalue weighted by Crippen LogP contribution is -2.36. The minimum absolute atomic E-state index is 0.0375. The highest BCUT2D eigenvalue weighted by atomic mass is 16.5. The highest BCUT2D eigenvalue weighted by molar-refractivity contribution is 6.08. The summed E-state index contributed by atoms with van der Waals surface area (Å²) in [7, 11) is 1.50. The maximum absolute atomic E-state index is 13.3. The second-order valence-corrected chi connectivity index (χ2v) is 7.75. The Morgan fingerprint density at radius 3 is 2.68 bits per heavy atom. The number of hydrogen-bond donors (Lipinski definition) is 3. The van der Waals surface area contributed by atoms with Gasteiger partial charge in [-0.2, -0.15) is 5.10 Å². The van der Waals surface area contributed by atoms with Crippen molar-refractivity contribution in [2.75, 3.05) is 24.4 Å². The molecule has 0 saturated carbocycles. The van der Waals surface area contributed by atoms with Crippen LogP contribution in [-0.4, -0.2) is 43.8 Å². The first-order chi connectivity index (χ1) is 16.4. The number of carbonyl (C=O) groups is 1. The molecule has 3 aromatic heterocycles. The standard InChI is InChI=1S/C23H25N7O4/c1-14-11-15(2)30-19(26-14)17(13-25-30)21(31)27-20-18(24-12-16-7-5-4-6-8-16)22(32)28-23(33)29(20)9-10-34-3/h4-8,11,13,24H,9-10,12H2,1-3H3,(H,27,31)(H,28,32,33). The van der Waals surface area contributed by atoms with Crippen molar-refractivity contribution in [2.24, 2.45) is 0 Å². The van der Waals surface area contributed by atoms with Crippen LogP contribution < -0.4 is 21.9 Å². The molecule has 3 N–H and O–H groups in total. The molecule has 1 amide bonds. The number of fused-ring (bicyclic) bond motifs is 1. The number of aryl methyl sites for hydroxylation is 2. The van der Waals surface area contributed by atoms with Crippen LogP contribution in [-0.2, 0) is 17.8 Å². The third-order valence-electron chi connectivity index (χ3n) is 5.29. The summed E-state index contributed by atoms with van der Waals surface area (Å²) in [6, 6.07) is 11.3. The quantitative estimate of drug-likeness (QED) is 0.362. The summed E-state index contributed by atoms with van der Waals surface area (Å²) in [5.41, 5.74) is 1.83. The molecule has 0 aliphatic heterocycles. The lowest BCUT2D eigenvalue weighted by Gasteiger charge is -2.17. The largest absolute Gasteiger partial charge is 0.383 e. The first-order valence-corrected chi connectivity index (χ1v) is 10.7. The molecule has 1 aromatic carbocycles. The first-order valence-electron chi connectivity index (χ1n) is 10.7. The van der Waals surface area contributed by atoms with Gasteiger partial charge >= 0.3 is 5.69 Å². The predicted molar refractivity (Wildman–Crippen MR) is 127 cm³/mol. The highest BCUT2D eigenvalue weighted by Gasteiger charge is 2.21. The van der Waals surface area contributed by atoms with E-state index >= 15 is 0 Å². The fraction of sp³-hybridized carbons (Fsp3) is 0.261. The summed E-state index contributed by atoms with van der Waals surface area (Å²) in [4.78, 5) is 45.4. The smallest absolute Gasteiger partial charge is 0.330 e. The second kappa shape index (κ2) is 9.71. The first kappa shape index (κ1) is 22.9. The predicted octanol–water partition coefficient (Wildman–Crippen LogP) is 1.71. The van der Waals surface area contributed by atoms with Gasteiger partial charge in [0.1, 0.15) is 17.1 Å². The van der Waals surface area contributed by atoms with Gasteiger partial charge in [-0.05, 0) is 25.5 Å². The number of amides is 1. The fourth-order valence-electron chi connectivity index (χ4n) is 3.65. The molecule has 0 bridgehead atoms. The van der Waals surface area contributed by atoms with Gasteiger partial charge in [0.2, 0.25) is 0 Å². The molecule has 176 valence electrons. The minimum atomic E-state index is -0.660. The van der Waals surface area contributed by atoms with Gasteiger partial charge < -0.3 is 15.4 Å². The van der Waals surface area contributed by atoms with Crippen molar-refractivity contribution < 1.29 is 9.53 Å². The SMILES string of the molecule is COCCn1c(NC(=O)c2cnn3c(C)cc(C)nc23)c(NCc2ccccc2)c(=O)[nH]c1=O. The zero-order valence-electron chi connectivity index (χ0n) is 19.1. The molecule has 0 fully saturated rings. The van der Waals surface area contributed by atoms with E-state index in [1.165, 1.54) is 17.9 Å². The fourth-order valence-corrected chi connectivity index (χ4v) is 3.65. The maximum atomic E-state index is 13.3. The van der Waals surface area contributed by atoms with Crippen molar-refractivity contribution >= 4 is 23.1 Å². The lowest BCUT2D eigenvalue weighted by atomic mass is 10.2. The Labute approximate surface area is 194 Å². The normalized spacial score (nSPS) is 11.0. The molecule has 4 aromatic rings. The number of benzene rings is 1. The molecule has 11 nitrogen and oxygen atoms in total. The molecule has 34 heavy (non-hydrogen) atoms. The Morgan fingerprint density at radius 1 is 1.18 bits per heavy atom. The summed E-state index contributed by atoms with van der Waals surface area (Å²) >= 11 is 0. The topological polar surface area (TPSA) is 135 Å². The summed E-state index contributed by atoms with van der Waals surface area (Å²) in [6.45, 7) is 4.32. The minimum Gasteiger partial charge on any atom is -0.383 e. The maximum Gasteiger partial charge on any atom is 0.330 e. The zero-order chi connectivity index (χ0) is 24.2. The zero-order valence-corrected chi connectivity index (χ0v) is 19.1. The molecule has 11 heteroatoms. The number of rotatable bonds is 8. The van der Waals surface area contributed by atoms with Crippen LogP contribution in [0.1, 0.15) is 27.3 Å². The van der Waals surface area contributed by atoms with Crippen molar-refractivity contribution in [3.05, 3.63) is 85.9 Å². The second-order valence-electron chi connectivity index (χ2n) is 7.75. The van der Waals surface area contributed by atoms with Gasteiger partial charge in [0.25, 0.3) is 11.5 Å². The number of nitrogens with one attached hydrogen (secondary N) is 3. The number of methoxy groups -OCH3 is 1. The molecule has 4 rings (SSSR count). The number of nitrogens with zero attached hydrogens (tertiary/aromatic N) is 4. The molecule has 0 spiro atoms. The summed E-state index contributed by atoms with van der Waals surface area (Å²) in [6.07, 6.45) is 1.41. The Balaban J connectivity index is 1.76. The van der Waals surface area contributed by atoms with Crippen molar-refractivity contribution in [3.8, 4) is 0 Å². The molecule has 3 heterocycles. The van der Waals surface area contributed by atoms with E-state index < -0.39 is 17.2 Å². The van der Waals surface area contributed by atoms with E-state index in [2.05, 4.69) is 25.7 Å². The van der Waals surface area contributed by atoms with Gasteiger partial charge in [-0.3, -0.25) is 19.1 Å². The van der Waals surface area contributed by atoms with Crippen LogP contribution >= 0.6 is 0 Å². The number of hydrogen-bond acceptors (Lipinski definition) is 7. The van der Waals surface area contributed by atoms with Crippen molar-refractivity contribution in [1.29, 1.82) is 0 Å². The molecule has 0 saturated heterocycles. The van der Waals surface area contributed by atoms with E-state index in [4.69, 9.17) is 4.74 Å². The van der Waals surface area contributed by atoms with Crippen LogP contribution in [0.4, 0.5) is 11.5 Å². The van der Waals surface area contributed by atoms with Gasteiger partial charge in [0.15, 0.2) is 5.65 Å². The average molecular weight is 463 g/mol. The summed E-state index contributed by atoms with van der Waals surface area (Å²) < 4.78 is 7.93. The van der Waals surface area contributed by atoms with Crippen LogP contribution in [0.25, 0.3) is 5.65 Å². The van der Waals surface area contributed by atoms with E-state index in [9.17, 15) is 14.4 Å². The van der Waals surface area contributed by atoms with Gasteiger partial charge in [0.05, 0.1) is 19.3 Å². The molecule has 0 aliphatic carbocycles. The summed E-state index contributed by atoms with van der Waals surface area (Å²) in [5, 5.41) is 10.0. The van der Waals surface area contributed by atoms with Crippen LogP contribution in [0.2, 0.25) is 0 Å². The van der Waals surface area contributed by atoms with Gasteiger partial charge in [-0.1, -0.05) is 30.3 Å². The van der Waals surface area contributed by atoms with Crippen LogP contribution in [0, 0.1) is 13.8 Å². The van der Waals surface area contributed by atoms with Crippen LogP contribution in [0.3, 0.4) is 0 Å². The Kier molecular flexibility index (Phi) is 6.55. The Hall–Kier alpha value is -4.25. The van der Waals surface area contributed by atoms with Crippen molar-refractivity contribution in [3.63, 3.8) is 0 Å². The number of ether oxygens (including phenoxy) is 1. The van der Waals surface area contributed by atoms with Crippen molar-refractivity contribution in [2.45, 2.75) is 26.9 Å². The van der Waals surface area contributed by atoms with Crippen LogP contribution in [0.15, 0.2) is 52.2 Å². The van der Waals surface area contributed by atoms with E-state index in [1.54, 1.807) is 4.52 Å². The third-order valence-corrected chi connectivity index (χ3v) is 5.29. The van der Waals surface area contributed by atoms with Crippen molar-refractivity contribution in [1.82, 2.24) is 24.1 Å². The highest BCUT2D eigenvalue weighted by Crippen LogP contribution is 2.19. The molecular formula is C23H25N7O4. The van der Waals surface area contributed by atoms with E-state index in [-0.39, 0.29) is 30.2 Å². The monoisotopic (exact) mass is 463 g/mol. The number of aromatic amines is 1. The lowest BCUT2D eigenvalue weighted by molar-refractivity contribution is 0.102. The van der Waals surface area contributed by atoms with E-state index in [1.807, 2.05) is 50.2 Å². The van der Waals surface area contributed by atoms with E-state index in [0.29, 0.717) is 12.2 Å². The molecule has 0 atom stereocenters. The number of aromatic nitrogens is 5. The van der Waals surface area contributed by atoms with Gasteiger partial charge in [-0.25, -0.2) is 14.3 Å². The molecular weight excluding hydrogens is 438 g/mol. The average Bonchev–Trinajstić information content (AvgIpc) is 3.23. The molecule has 0 radical (unpaired) electrons. The Morgan fingerprint density at radius 2 is 1.94 bits per heavy atom. The summed E-state index contributed by atoms with van der Waals surface area (Å²) in [5.74, 6) is -0.512. The Bertz CT molecular complexity index is 1450. The number of H-pyrrole nitrogens is 1.